The lowest BCUT2D eigenvalue weighted by Gasteiger charge is -2.06. The molecule has 0 fully saturated rings. The maximum absolute atomic E-state index is 10.8. The van der Waals surface area contributed by atoms with E-state index in [4.69, 9.17) is 4.74 Å². The molecule has 0 radical (unpaired) electrons. The van der Waals surface area contributed by atoms with Gasteiger partial charge in [-0.1, -0.05) is 120 Å². The number of ether oxygens (including phenoxy) is 1. The van der Waals surface area contributed by atoms with Crippen molar-refractivity contribution in [3.63, 3.8) is 0 Å². The second kappa shape index (κ2) is 20.3. The predicted molar refractivity (Wildman–Crippen MR) is 129 cm³/mol. The molecule has 0 atom stereocenters. The van der Waals surface area contributed by atoms with Gasteiger partial charge in [0.25, 0.3) is 0 Å². The van der Waals surface area contributed by atoms with Crippen molar-refractivity contribution in [3.8, 4) is 5.75 Å². The molecule has 0 N–H and O–H groups in total. The minimum atomic E-state index is 0.259. The van der Waals surface area contributed by atoms with Crippen molar-refractivity contribution in [3.05, 3.63) is 30.3 Å². The summed E-state index contributed by atoms with van der Waals surface area (Å²) in [6, 6.07) is 10.1. The fourth-order valence-electron chi connectivity index (χ4n) is 3.60. The van der Waals surface area contributed by atoms with Crippen LogP contribution in [-0.2, 0) is 4.79 Å². The minimum Gasteiger partial charge on any atom is -0.494 e. The SMILES string of the molecule is CC(=O)SCCCCCCCCCCCCCCCCCCOc1ccccc1. The van der Waals surface area contributed by atoms with Crippen LogP contribution in [-0.4, -0.2) is 17.5 Å². The molecule has 0 heterocycles. The van der Waals surface area contributed by atoms with Crippen molar-refractivity contribution in [2.75, 3.05) is 12.4 Å². The second-order valence-corrected chi connectivity index (χ2v) is 9.43. The first-order valence-corrected chi connectivity index (χ1v) is 13.1. The number of benzene rings is 1. The molecule has 0 aliphatic rings. The van der Waals surface area contributed by atoms with Crippen LogP contribution in [0.5, 0.6) is 5.75 Å². The number of carbonyl (C=O) groups excluding carboxylic acids is 1. The van der Waals surface area contributed by atoms with E-state index >= 15 is 0 Å². The van der Waals surface area contributed by atoms with Crippen LogP contribution < -0.4 is 4.74 Å². The molecule has 29 heavy (non-hydrogen) atoms. The fraction of sp³-hybridized carbons (Fsp3) is 0.731. The number of para-hydroxylation sites is 1. The third kappa shape index (κ3) is 18.8. The van der Waals surface area contributed by atoms with Crippen LogP contribution in [0.3, 0.4) is 0 Å². The third-order valence-corrected chi connectivity index (χ3v) is 6.26. The van der Waals surface area contributed by atoms with Crippen molar-refractivity contribution < 1.29 is 9.53 Å². The van der Waals surface area contributed by atoms with Gasteiger partial charge in [0.05, 0.1) is 6.61 Å². The number of rotatable bonds is 20. The van der Waals surface area contributed by atoms with Crippen LogP contribution in [0.2, 0.25) is 0 Å². The standard InChI is InChI=1S/C26H44O2S/c1-25(27)29-24-20-15-13-11-9-7-5-3-2-4-6-8-10-12-14-19-23-28-26-21-17-16-18-22-26/h16-18,21-22H,2-15,19-20,23-24H2,1H3. The van der Waals surface area contributed by atoms with Gasteiger partial charge in [0, 0.05) is 12.7 Å². The van der Waals surface area contributed by atoms with E-state index in [0.717, 1.165) is 18.1 Å². The van der Waals surface area contributed by atoms with E-state index in [0.29, 0.717) is 0 Å². The topological polar surface area (TPSA) is 26.3 Å². The van der Waals surface area contributed by atoms with Crippen LogP contribution in [0.4, 0.5) is 0 Å². The lowest BCUT2D eigenvalue weighted by molar-refractivity contribution is -0.109. The average molecular weight is 421 g/mol. The molecule has 0 unspecified atom stereocenters. The fourth-order valence-corrected chi connectivity index (χ4v) is 4.24. The van der Waals surface area contributed by atoms with Crippen molar-refractivity contribution >= 4 is 16.9 Å². The molecule has 0 aliphatic carbocycles. The Hall–Kier alpha value is -0.960. The summed E-state index contributed by atoms with van der Waals surface area (Å²) in [7, 11) is 0. The highest BCUT2D eigenvalue weighted by Crippen LogP contribution is 2.15. The van der Waals surface area contributed by atoms with Gasteiger partial charge in [-0.15, -0.1) is 0 Å². The monoisotopic (exact) mass is 420 g/mol. The van der Waals surface area contributed by atoms with Crippen LogP contribution in [0, 0.1) is 0 Å². The quantitative estimate of drug-likeness (QED) is 0.198. The van der Waals surface area contributed by atoms with Crippen LogP contribution in [0.25, 0.3) is 0 Å². The Morgan fingerprint density at radius 3 is 1.52 bits per heavy atom. The molecule has 1 rings (SSSR count). The van der Waals surface area contributed by atoms with Crippen molar-refractivity contribution in [2.24, 2.45) is 0 Å². The molecule has 0 aromatic heterocycles. The molecule has 0 amide bonds. The van der Waals surface area contributed by atoms with Gasteiger partial charge in [0.1, 0.15) is 5.75 Å². The van der Waals surface area contributed by atoms with Crippen molar-refractivity contribution in [2.45, 2.75) is 110 Å². The highest BCUT2D eigenvalue weighted by Gasteiger charge is 1.97. The predicted octanol–water partition coefficient (Wildman–Crippen LogP) is 8.59. The maximum atomic E-state index is 10.8. The smallest absolute Gasteiger partial charge is 0.185 e. The Morgan fingerprint density at radius 2 is 1.07 bits per heavy atom. The van der Waals surface area contributed by atoms with Crippen molar-refractivity contribution in [1.82, 2.24) is 0 Å². The Balaban J connectivity index is 1.67. The Kier molecular flexibility index (Phi) is 18.3. The largest absolute Gasteiger partial charge is 0.494 e. The van der Waals surface area contributed by atoms with Gasteiger partial charge in [0.2, 0.25) is 0 Å². The highest BCUT2D eigenvalue weighted by atomic mass is 32.2. The lowest BCUT2D eigenvalue weighted by Crippen LogP contribution is -1.96. The van der Waals surface area contributed by atoms with Gasteiger partial charge in [-0.05, 0) is 25.0 Å². The first kappa shape index (κ1) is 26.1. The van der Waals surface area contributed by atoms with Crippen molar-refractivity contribution in [1.29, 1.82) is 0 Å². The Bertz CT molecular complexity index is 475. The molecule has 1 aromatic rings. The lowest BCUT2D eigenvalue weighted by atomic mass is 10.0. The number of carbonyl (C=O) groups is 1. The molecule has 0 saturated carbocycles. The molecule has 0 aliphatic heterocycles. The zero-order valence-corrected chi connectivity index (χ0v) is 19.7. The highest BCUT2D eigenvalue weighted by molar-refractivity contribution is 8.13. The maximum Gasteiger partial charge on any atom is 0.185 e. The van der Waals surface area contributed by atoms with Crippen LogP contribution in [0.15, 0.2) is 30.3 Å². The Morgan fingerprint density at radius 1 is 0.655 bits per heavy atom. The number of hydrogen-bond acceptors (Lipinski definition) is 3. The zero-order valence-electron chi connectivity index (χ0n) is 18.8. The van der Waals surface area contributed by atoms with Gasteiger partial charge >= 0.3 is 0 Å². The van der Waals surface area contributed by atoms with E-state index in [1.54, 1.807) is 6.92 Å². The van der Waals surface area contributed by atoms with Gasteiger partial charge in [0.15, 0.2) is 5.12 Å². The summed E-state index contributed by atoms with van der Waals surface area (Å²) in [5, 5.41) is 0.259. The zero-order chi connectivity index (χ0) is 20.8. The minimum absolute atomic E-state index is 0.259. The number of thioether (sulfide) groups is 1. The van der Waals surface area contributed by atoms with Gasteiger partial charge in [-0.3, -0.25) is 4.79 Å². The summed E-state index contributed by atoms with van der Waals surface area (Å²) < 4.78 is 5.73. The van der Waals surface area contributed by atoms with E-state index in [1.807, 2.05) is 30.3 Å². The van der Waals surface area contributed by atoms with Crippen LogP contribution >= 0.6 is 11.8 Å². The van der Waals surface area contributed by atoms with Gasteiger partial charge in [-0.25, -0.2) is 0 Å². The van der Waals surface area contributed by atoms with Crippen LogP contribution in [0.1, 0.15) is 110 Å². The molecule has 1 aromatic carbocycles. The summed E-state index contributed by atoms with van der Waals surface area (Å²) in [6.45, 7) is 2.51. The summed E-state index contributed by atoms with van der Waals surface area (Å²) in [5.74, 6) is 2.01. The normalized spacial score (nSPS) is 10.9. The first-order chi connectivity index (χ1) is 14.3. The second-order valence-electron chi connectivity index (χ2n) is 8.16. The molecule has 0 bridgehead atoms. The van der Waals surface area contributed by atoms with E-state index in [9.17, 15) is 4.79 Å². The van der Waals surface area contributed by atoms with E-state index in [2.05, 4.69) is 0 Å². The van der Waals surface area contributed by atoms with E-state index in [-0.39, 0.29) is 5.12 Å². The summed E-state index contributed by atoms with van der Waals surface area (Å²) in [6.07, 6.45) is 21.7. The van der Waals surface area contributed by atoms with Gasteiger partial charge < -0.3 is 4.74 Å². The van der Waals surface area contributed by atoms with Gasteiger partial charge in [-0.2, -0.15) is 0 Å². The average Bonchev–Trinajstić information content (AvgIpc) is 2.73. The molecule has 0 spiro atoms. The van der Waals surface area contributed by atoms with E-state index in [1.165, 1.54) is 114 Å². The Labute approximate surface area is 184 Å². The number of hydrogen-bond donors (Lipinski definition) is 0. The molecular formula is C26H44O2S. The summed E-state index contributed by atoms with van der Waals surface area (Å²) in [5.41, 5.74) is 0. The van der Waals surface area contributed by atoms with E-state index < -0.39 is 0 Å². The molecule has 3 heteroatoms. The summed E-state index contributed by atoms with van der Waals surface area (Å²) in [4.78, 5) is 10.8. The third-order valence-electron chi connectivity index (χ3n) is 5.36. The molecular weight excluding hydrogens is 376 g/mol. The summed E-state index contributed by atoms with van der Waals surface area (Å²) >= 11 is 1.47. The molecule has 0 saturated heterocycles. The molecule has 2 nitrogen and oxygen atoms in total. The number of unbranched alkanes of at least 4 members (excludes halogenated alkanes) is 15. The molecule has 166 valence electrons. The first-order valence-electron chi connectivity index (χ1n) is 12.1.